The number of rotatable bonds is 4. The summed E-state index contributed by atoms with van der Waals surface area (Å²) in [4.78, 5) is 4.90. The minimum absolute atomic E-state index is 0. The zero-order chi connectivity index (χ0) is 22.6. The van der Waals surface area contributed by atoms with E-state index in [1.807, 2.05) is 6.20 Å². The summed E-state index contributed by atoms with van der Waals surface area (Å²) >= 11 is 0. The molecule has 2 nitrogen and oxygen atoms in total. The summed E-state index contributed by atoms with van der Waals surface area (Å²) < 4.78 is 2.30. The minimum Gasteiger partial charge on any atom is -0.339 e. The number of imidazole rings is 1. The molecule has 1 aromatic heterocycles. The Kier molecular flexibility index (Phi) is 6.24. The first kappa shape index (κ1) is 23.7. The van der Waals surface area contributed by atoms with E-state index in [2.05, 4.69) is 113 Å². The number of hydrogen-bond donors (Lipinski definition) is 0. The van der Waals surface area contributed by atoms with Crippen molar-refractivity contribution >= 4 is 0 Å². The SMILES string of the molecule is CC(C)c1cccc(C(C)C)c1-n1ccnc1-c1[c-]ccc2c1C(C)(C)c1ccccc1-2.[Ir]. The normalized spacial score (nSPS) is 13.7. The van der Waals surface area contributed by atoms with E-state index in [0.717, 1.165) is 11.4 Å². The van der Waals surface area contributed by atoms with E-state index in [0.29, 0.717) is 11.8 Å². The molecule has 1 aliphatic carbocycles. The van der Waals surface area contributed by atoms with E-state index in [-0.39, 0.29) is 25.5 Å². The predicted molar refractivity (Wildman–Crippen MR) is 134 cm³/mol. The van der Waals surface area contributed by atoms with Gasteiger partial charge in [0.2, 0.25) is 0 Å². The zero-order valence-electron chi connectivity index (χ0n) is 20.2. The van der Waals surface area contributed by atoms with Crippen LogP contribution in [0.4, 0.5) is 0 Å². The third kappa shape index (κ3) is 3.63. The Morgan fingerprint density at radius 3 is 2.18 bits per heavy atom. The molecule has 171 valence electrons. The van der Waals surface area contributed by atoms with Gasteiger partial charge in [0.15, 0.2) is 0 Å². The molecule has 1 aliphatic rings. The van der Waals surface area contributed by atoms with Gasteiger partial charge in [-0.25, -0.2) is 0 Å². The van der Waals surface area contributed by atoms with Crippen LogP contribution >= 0.6 is 0 Å². The second-order valence-electron chi connectivity index (χ2n) is 10.0. The second kappa shape index (κ2) is 8.70. The van der Waals surface area contributed by atoms with Gasteiger partial charge in [0.05, 0.1) is 5.82 Å². The average Bonchev–Trinajstić information content (AvgIpc) is 3.35. The Morgan fingerprint density at radius 2 is 1.52 bits per heavy atom. The van der Waals surface area contributed by atoms with Crippen LogP contribution in [-0.2, 0) is 25.5 Å². The average molecular weight is 612 g/mol. The van der Waals surface area contributed by atoms with Crippen LogP contribution in [0.15, 0.2) is 67.0 Å². The van der Waals surface area contributed by atoms with Crippen LogP contribution in [0, 0.1) is 6.07 Å². The Morgan fingerprint density at radius 1 is 0.848 bits per heavy atom. The van der Waals surface area contributed by atoms with Crippen molar-refractivity contribution in [3.05, 3.63) is 95.3 Å². The molecule has 3 aromatic carbocycles. The topological polar surface area (TPSA) is 17.8 Å². The maximum atomic E-state index is 4.90. The summed E-state index contributed by atoms with van der Waals surface area (Å²) in [5, 5.41) is 0. The molecule has 33 heavy (non-hydrogen) atoms. The third-order valence-corrected chi connectivity index (χ3v) is 6.96. The van der Waals surface area contributed by atoms with Gasteiger partial charge in [-0.1, -0.05) is 89.6 Å². The Hall–Kier alpha value is -2.48. The summed E-state index contributed by atoms with van der Waals surface area (Å²) in [5.41, 5.74) is 10.3. The quantitative estimate of drug-likeness (QED) is 0.215. The summed E-state index contributed by atoms with van der Waals surface area (Å²) in [6.45, 7) is 13.7. The van der Waals surface area contributed by atoms with Gasteiger partial charge in [-0.15, -0.1) is 29.3 Å². The summed E-state index contributed by atoms with van der Waals surface area (Å²) in [6.07, 6.45) is 4.05. The van der Waals surface area contributed by atoms with Crippen LogP contribution in [0.25, 0.3) is 28.2 Å². The Balaban J connectivity index is 0.00000259. The molecule has 0 spiro atoms. The van der Waals surface area contributed by atoms with Crippen molar-refractivity contribution in [2.45, 2.75) is 58.8 Å². The molecule has 3 heteroatoms. The molecule has 0 aliphatic heterocycles. The van der Waals surface area contributed by atoms with Crippen molar-refractivity contribution in [3.63, 3.8) is 0 Å². The molecule has 1 heterocycles. The van der Waals surface area contributed by atoms with E-state index >= 15 is 0 Å². The van der Waals surface area contributed by atoms with Gasteiger partial charge in [0.1, 0.15) is 0 Å². The Labute approximate surface area is 211 Å². The van der Waals surface area contributed by atoms with Crippen LogP contribution in [0.5, 0.6) is 0 Å². The summed E-state index contributed by atoms with van der Waals surface area (Å²) in [6, 6.07) is 23.3. The number of hydrogen-bond acceptors (Lipinski definition) is 1. The van der Waals surface area contributed by atoms with E-state index < -0.39 is 0 Å². The van der Waals surface area contributed by atoms with Crippen molar-refractivity contribution in [1.29, 1.82) is 0 Å². The number of fused-ring (bicyclic) bond motifs is 3. The molecule has 0 unspecified atom stereocenters. The first-order valence-corrected chi connectivity index (χ1v) is 11.6. The van der Waals surface area contributed by atoms with Crippen molar-refractivity contribution in [2.75, 3.05) is 0 Å². The molecule has 0 saturated carbocycles. The van der Waals surface area contributed by atoms with Gasteiger partial charge in [-0.05, 0) is 39.5 Å². The third-order valence-electron chi connectivity index (χ3n) is 6.96. The van der Waals surface area contributed by atoms with E-state index in [1.165, 1.54) is 39.1 Å². The first-order chi connectivity index (χ1) is 15.3. The molecule has 1 radical (unpaired) electrons. The monoisotopic (exact) mass is 612 g/mol. The molecule has 0 atom stereocenters. The van der Waals surface area contributed by atoms with Gasteiger partial charge < -0.3 is 4.57 Å². The van der Waals surface area contributed by atoms with E-state index in [1.54, 1.807) is 0 Å². The fraction of sp³-hybridized carbons (Fsp3) is 0.300. The van der Waals surface area contributed by atoms with E-state index in [9.17, 15) is 0 Å². The fourth-order valence-corrected chi connectivity index (χ4v) is 5.40. The number of nitrogens with zero attached hydrogens (tertiary/aromatic N) is 2. The van der Waals surface area contributed by atoms with Crippen LogP contribution in [-0.4, -0.2) is 9.55 Å². The molecule has 0 saturated heterocycles. The summed E-state index contributed by atoms with van der Waals surface area (Å²) in [5.74, 6) is 1.81. The van der Waals surface area contributed by atoms with Gasteiger partial charge >= 0.3 is 0 Å². The molecule has 0 amide bonds. The molecule has 0 N–H and O–H groups in total. The Bertz CT molecular complexity index is 1280. The molecule has 5 rings (SSSR count). The molecular formula is C30H31IrN2-. The fourth-order valence-electron chi connectivity index (χ4n) is 5.40. The van der Waals surface area contributed by atoms with Crippen molar-refractivity contribution < 1.29 is 20.1 Å². The standard InChI is InChI=1S/C30H31N2.Ir/c1-19(2)21-12-9-13-22(20(3)4)28(21)32-18-17-31-29(32)25-15-10-14-24-23-11-7-8-16-26(23)30(5,6)27(24)25;/h7-14,16-20H,1-6H3;/q-1;. The van der Waals surface area contributed by atoms with Crippen LogP contribution < -0.4 is 0 Å². The van der Waals surface area contributed by atoms with Crippen molar-refractivity contribution in [3.8, 4) is 28.2 Å². The second-order valence-corrected chi connectivity index (χ2v) is 10.0. The zero-order valence-corrected chi connectivity index (χ0v) is 22.6. The maximum Gasteiger partial charge on any atom is 0.0606 e. The largest absolute Gasteiger partial charge is 0.339 e. The van der Waals surface area contributed by atoms with Gasteiger partial charge in [-0.2, -0.15) is 0 Å². The molecule has 4 aromatic rings. The molecule has 0 fully saturated rings. The molecular weight excluding hydrogens is 581 g/mol. The maximum absolute atomic E-state index is 4.90. The number of aromatic nitrogens is 2. The van der Waals surface area contributed by atoms with Crippen LogP contribution in [0.1, 0.15) is 75.6 Å². The van der Waals surface area contributed by atoms with Gasteiger partial charge in [0, 0.05) is 38.2 Å². The summed E-state index contributed by atoms with van der Waals surface area (Å²) in [7, 11) is 0. The van der Waals surface area contributed by atoms with Crippen molar-refractivity contribution in [2.24, 2.45) is 0 Å². The van der Waals surface area contributed by atoms with Gasteiger partial charge in [-0.3, -0.25) is 4.98 Å². The number of para-hydroxylation sites is 1. The molecule has 0 bridgehead atoms. The van der Waals surface area contributed by atoms with E-state index in [4.69, 9.17) is 4.98 Å². The predicted octanol–water partition coefficient (Wildman–Crippen LogP) is 7.89. The van der Waals surface area contributed by atoms with Crippen molar-refractivity contribution in [1.82, 2.24) is 9.55 Å². The minimum atomic E-state index is -0.103. The number of benzene rings is 3. The van der Waals surface area contributed by atoms with Crippen LogP contribution in [0.3, 0.4) is 0 Å². The van der Waals surface area contributed by atoms with Crippen LogP contribution in [0.2, 0.25) is 0 Å². The van der Waals surface area contributed by atoms with Gasteiger partial charge in [0.25, 0.3) is 0 Å². The smallest absolute Gasteiger partial charge is 0.0606 e. The first-order valence-electron chi connectivity index (χ1n) is 11.6.